The van der Waals surface area contributed by atoms with Crippen LogP contribution in [0.2, 0.25) is 0 Å². The fourth-order valence-electron chi connectivity index (χ4n) is 1.34. The van der Waals surface area contributed by atoms with E-state index in [1.54, 1.807) is 0 Å². The number of nitrogens with zero attached hydrogens (tertiary/aromatic N) is 1. The molecule has 1 nitrogen and oxygen atoms in total. The average Bonchev–Trinajstić information content (AvgIpc) is 2.09. The van der Waals surface area contributed by atoms with Gasteiger partial charge in [0.2, 0.25) is 0 Å². The van der Waals surface area contributed by atoms with Gasteiger partial charge >= 0.3 is 43.1 Å². The molecule has 0 spiro atoms. The summed E-state index contributed by atoms with van der Waals surface area (Å²) in [5.41, 5.74) is 0. The van der Waals surface area contributed by atoms with E-state index in [4.69, 9.17) is 26.8 Å². The summed E-state index contributed by atoms with van der Waals surface area (Å²) in [7, 11) is 15.0. The molecule has 0 aliphatic heterocycles. The van der Waals surface area contributed by atoms with E-state index < -0.39 is 16.4 Å². The first-order valence-electron chi connectivity index (χ1n) is 4.66. The summed E-state index contributed by atoms with van der Waals surface area (Å²) in [4.78, 5) is 0. The SMILES string of the molecule is CC[N+](CC)(CC)CC.[Cl][Sn-]([Cl])[Cl]. The van der Waals surface area contributed by atoms with Gasteiger partial charge in [-0.15, -0.1) is 0 Å². The molecule has 0 atom stereocenters. The molecule has 0 aromatic heterocycles. The van der Waals surface area contributed by atoms with Crippen LogP contribution in [0.4, 0.5) is 0 Å². The van der Waals surface area contributed by atoms with Gasteiger partial charge in [0.25, 0.3) is 0 Å². The van der Waals surface area contributed by atoms with Crippen molar-refractivity contribution in [3.8, 4) is 0 Å². The van der Waals surface area contributed by atoms with Crippen molar-refractivity contribution in [3.63, 3.8) is 0 Å². The minimum absolute atomic E-state index is 1.28. The molecule has 0 saturated carbocycles. The topological polar surface area (TPSA) is 0 Å². The summed E-state index contributed by atoms with van der Waals surface area (Å²) >= 11 is -2.13. The van der Waals surface area contributed by atoms with Crippen molar-refractivity contribution >= 4 is 43.1 Å². The Bertz CT molecular complexity index is 87.3. The van der Waals surface area contributed by atoms with E-state index in [1.165, 1.54) is 30.7 Å². The molecular weight excluding hydrogens is 335 g/mol. The maximum atomic E-state index is 5.00. The van der Waals surface area contributed by atoms with Crippen molar-refractivity contribution < 1.29 is 4.48 Å². The molecule has 5 heteroatoms. The van der Waals surface area contributed by atoms with Gasteiger partial charge in [0.15, 0.2) is 0 Å². The van der Waals surface area contributed by atoms with Gasteiger partial charge in [0.1, 0.15) is 0 Å². The van der Waals surface area contributed by atoms with Crippen LogP contribution in [0.3, 0.4) is 0 Å². The Labute approximate surface area is 101 Å². The monoisotopic (exact) mass is 355 g/mol. The second-order valence-electron chi connectivity index (χ2n) is 2.82. The molecule has 0 rings (SSSR count). The Balaban J connectivity index is 0. The number of quaternary nitrogens is 1. The minimum atomic E-state index is -2.13. The summed E-state index contributed by atoms with van der Waals surface area (Å²) in [5, 5.41) is 0. The molecule has 13 heavy (non-hydrogen) atoms. The summed E-state index contributed by atoms with van der Waals surface area (Å²) in [5.74, 6) is 0. The zero-order valence-electron chi connectivity index (χ0n) is 8.91. The molecule has 0 amide bonds. The van der Waals surface area contributed by atoms with Crippen LogP contribution in [0.15, 0.2) is 0 Å². The van der Waals surface area contributed by atoms with Crippen LogP contribution in [-0.2, 0) is 0 Å². The zero-order chi connectivity index (χ0) is 10.9. The Morgan fingerprint density at radius 1 is 0.769 bits per heavy atom. The number of halogens is 3. The second kappa shape index (κ2) is 10.2. The van der Waals surface area contributed by atoms with Gasteiger partial charge < -0.3 is 4.48 Å². The van der Waals surface area contributed by atoms with Crippen molar-refractivity contribution in [3.05, 3.63) is 0 Å². The van der Waals surface area contributed by atoms with E-state index >= 15 is 0 Å². The van der Waals surface area contributed by atoms with Crippen molar-refractivity contribution in [1.82, 2.24) is 0 Å². The molecule has 0 aromatic rings. The van der Waals surface area contributed by atoms with E-state index in [-0.39, 0.29) is 0 Å². The Hall–Kier alpha value is 1.63. The Morgan fingerprint density at radius 3 is 0.923 bits per heavy atom. The van der Waals surface area contributed by atoms with E-state index in [0.29, 0.717) is 0 Å². The first-order valence-corrected chi connectivity index (χ1v) is 15.5. The van der Waals surface area contributed by atoms with Crippen LogP contribution in [0, 0.1) is 0 Å². The van der Waals surface area contributed by atoms with Gasteiger partial charge in [0.05, 0.1) is 26.2 Å². The zero-order valence-corrected chi connectivity index (χ0v) is 14.0. The standard InChI is InChI=1S/C8H20N.3ClH.Sn/c1-5-9(6-2,7-3)8-4;;;;/h5-8H2,1-4H3;3*1H;/q+1;;;;+2/p-3. The maximum absolute atomic E-state index is 5.00. The number of hydrogen-bond acceptors (Lipinski definition) is 0. The number of rotatable bonds is 4. The van der Waals surface area contributed by atoms with Gasteiger partial charge in [-0.3, -0.25) is 0 Å². The molecule has 82 valence electrons. The van der Waals surface area contributed by atoms with Crippen LogP contribution < -0.4 is 0 Å². The van der Waals surface area contributed by atoms with E-state index in [0.717, 1.165) is 0 Å². The first-order chi connectivity index (χ1) is 5.97. The van der Waals surface area contributed by atoms with Gasteiger partial charge in [-0.05, 0) is 27.7 Å². The van der Waals surface area contributed by atoms with Gasteiger partial charge in [-0.1, -0.05) is 0 Å². The van der Waals surface area contributed by atoms with Gasteiger partial charge in [-0.2, -0.15) is 0 Å². The molecule has 0 aliphatic rings. The summed E-state index contributed by atoms with van der Waals surface area (Å²) in [6, 6.07) is 0. The molecular formula is C8H20Cl3NSn. The molecule has 0 N–H and O–H groups in total. The molecule has 0 unspecified atom stereocenters. The molecule has 0 aromatic carbocycles. The van der Waals surface area contributed by atoms with Crippen LogP contribution in [0.5, 0.6) is 0 Å². The predicted octanol–water partition coefficient (Wildman–Crippen LogP) is 3.57. The van der Waals surface area contributed by atoms with E-state index in [9.17, 15) is 0 Å². The van der Waals surface area contributed by atoms with Crippen molar-refractivity contribution in [1.29, 1.82) is 0 Å². The Morgan fingerprint density at radius 2 is 0.923 bits per heavy atom. The second-order valence-corrected chi connectivity index (χ2v) is 15.5. The fourth-order valence-corrected chi connectivity index (χ4v) is 1.34. The molecule has 0 aliphatic carbocycles. The van der Waals surface area contributed by atoms with E-state index in [2.05, 4.69) is 27.7 Å². The molecule has 0 fully saturated rings. The predicted molar refractivity (Wildman–Crippen MR) is 65.7 cm³/mol. The third kappa shape index (κ3) is 9.92. The molecule has 0 bridgehead atoms. The molecule has 0 saturated heterocycles. The van der Waals surface area contributed by atoms with Crippen LogP contribution >= 0.6 is 26.8 Å². The quantitative estimate of drug-likeness (QED) is 0.534. The summed E-state index contributed by atoms with van der Waals surface area (Å²) in [6.45, 7) is 14.2. The van der Waals surface area contributed by atoms with Crippen molar-refractivity contribution in [2.45, 2.75) is 27.7 Å². The van der Waals surface area contributed by atoms with Crippen LogP contribution in [0.25, 0.3) is 0 Å². The third-order valence-electron chi connectivity index (χ3n) is 2.68. The van der Waals surface area contributed by atoms with Gasteiger partial charge in [-0.25, -0.2) is 0 Å². The number of hydrogen-bond donors (Lipinski definition) is 0. The van der Waals surface area contributed by atoms with Crippen molar-refractivity contribution in [2.75, 3.05) is 26.2 Å². The normalized spacial score (nSPS) is 11.1. The summed E-state index contributed by atoms with van der Waals surface area (Å²) < 4.78 is 1.28. The fraction of sp³-hybridized carbons (Fsp3) is 1.00. The first kappa shape index (κ1) is 17.0. The third-order valence-corrected chi connectivity index (χ3v) is 2.68. The molecule has 0 heterocycles. The summed E-state index contributed by atoms with van der Waals surface area (Å²) in [6.07, 6.45) is 0. The van der Waals surface area contributed by atoms with Crippen LogP contribution in [-0.4, -0.2) is 47.0 Å². The van der Waals surface area contributed by atoms with Crippen LogP contribution in [0.1, 0.15) is 27.7 Å². The van der Waals surface area contributed by atoms with Gasteiger partial charge in [0, 0.05) is 0 Å². The van der Waals surface area contributed by atoms with E-state index in [1.807, 2.05) is 0 Å². The average molecular weight is 355 g/mol. The molecule has 0 radical (unpaired) electrons. The Kier molecular flexibility index (Phi) is 13.3. The van der Waals surface area contributed by atoms with Crippen molar-refractivity contribution in [2.24, 2.45) is 0 Å².